The van der Waals surface area contributed by atoms with E-state index in [-0.39, 0.29) is 12.2 Å². The standard InChI is InChI=1S/C11H15ClN4O/c1-15-4-8-6-16(7-9(5-15)17-8)11-3-2-10(12)13-14-11/h2-3,8-9H,4-7H2,1H3. The molecule has 6 heteroatoms. The largest absolute Gasteiger partial charge is 0.369 e. The maximum Gasteiger partial charge on any atom is 0.151 e. The minimum Gasteiger partial charge on any atom is -0.369 e. The summed E-state index contributed by atoms with van der Waals surface area (Å²) in [5.41, 5.74) is 0. The average Bonchev–Trinajstić information content (AvgIpc) is 2.28. The molecule has 92 valence electrons. The minimum atomic E-state index is 0.268. The van der Waals surface area contributed by atoms with Gasteiger partial charge in [-0.05, 0) is 19.2 Å². The molecule has 1 aromatic heterocycles. The second kappa shape index (κ2) is 4.40. The van der Waals surface area contributed by atoms with E-state index >= 15 is 0 Å². The molecule has 2 saturated heterocycles. The lowest BCUT2D eigenvalue weighted by molar-refractivity contribution is -0.0877. The zero-order valence-corrected chi connectivity index (χ0v) is 10.5. The van der Waals surface area contributed by atoms with Gasteiger partial charge in [-0.1, -0.05) is 11.6 Å². The summed E-state index contributed by atoms with van der Waals surface area (Å²) < 4.78 is 5.91. The Morgan fingerprint density at radius 3 is 2.47 bits per heavy atom. The van der Waals surface area contributed by atoms with Crippen molar-refractivity contribution in [2.75, 3.05) is 38.1 Å². The lowest BCUT2D eigenvalue weighted by Crippen LogP contribution is -2.58. The summed E-state index contributed by atoms with van der Waals surface area (Å²) in [6.45, 7) is 3.70. The second-order valence-electron chi connectivity index (χ2n) is 4.72. The number of fused-ring (bicyclic) bond motifs is 2. The van der Waals surface area contributed by atoms with Gasteiger partial charge in [-0.3, -0.25) is 0 Å². The summed E-state index contributed by atoms with van der Waals surface area (Å²) in [7, 11) is 2.14. The van der Waals surface area contributed by atoms with E-state index in [0.717, 1.165) is 32.0 Å². The predicted molar refractivity (Wildman–Crippen MR) is 65.4 cm³/mol. The molecule has 0 N–H and O–H groups in total. The molecule has 17 heavy (non-hydrogen) atoms. The van der Waals surface area contributed by atoms with Gasteiger partial charge >= 0.3 is 0 Å². The lowest BCUT2D eigenvalue weighted by atomic mass is 10.1. The van der Waals surface area contributed by atoms with E-state index in [9.17, 15) is 0 Å². The number of nitrogens with zero attached hydrogens (tertiary/aromatic N) is 4. The van der Waals surface area contributed by atoms with Crippen LogP contribution in [0.25, 0.3) is 0 Å². The first-order valence-electron chi connectivity index (χ1n) is 5.79. The second-order valence-corrected chi connectivity index (χ2v) is 5.11. The normalized spacial score (nSPS) is 29.4. The molecule has 2 aliphatic rings. The van der Waals surface area contributed by atoms with Gasteiger partial charge in [-0.25, -0.2) is 0 Å². The summed E-state index contributed by atoms with van der Waals surface area (Å²) in [5, 5.41) is 8.44. The molecule has 0 saturated carbocycles. The summed E-state index contributed by atoms with van der Waals surface area (Å²) in [6, 6.07) is 3.70. The number of anilines is 1. The van der Waals surface area contributed by atoms with E-state index in [1.807, 2.05) is 6.07 Å². The molecule has 2 atom stereocenters. The predicted octanol–water partition coefficient (Wildman–Crippen LogP) is 0.649. The third-order valence-electron chi connectivity index (χ3n) is 3.21. The summed E-state index contributed by atoms with van der Waals surface area (Å²) in [6.07, 6.45) is 0.537. The quantitative estimate of drug-likeness (QED) is 0.736. The van der Waals surface area contributed by atoms with E-state index in [4.69, 9.17) is 16.3 Å². The Labute approximate surface area is 105 Å². The van der Waals surface area contributed by atoms with Gasteiger partial charge in [-0.15, -0.1) is 10.2 Å². The Hall–Kier alpha value is -0.910. The monoisotopic (exact) mass is 254 g/mol. The van der Waals surface area contributed by atoms with Crippen LogP contribution in [0.15, 0.2) is 12.1 Å². The SMILES string of the molecule is CN1CC2CN(c3ccc(Cl)nn3)CC(C1)O2. The molecule has 3 heterocycles. The van der Waals surface area contributed by atoms with Crippen LogP contribution in [0, 0.1) is 0 Å². The third kappa shape index (κ3) is 2.36. The van der Waals surface area contributed by atoms with Crippen molar-refractivity contribution in [2.24, 2.45) is 0 Å². The van der Waals surface area contributed by atoms with E-state index in [0.29, 0.717) is 5.15 Å². The van der Waals surface area contributed by atoms with Gasteiger partial charge in [0.05, 0.1) is 12.2 Å². The zero-order valence-electron chi connectivity index (χ0n) is 9.71. The van der Waals surface area contributed by atoms with E-state index in [2.05, 4.69) is 27.0 Å². The first-order chi connectivity index (χ1) is 8.20. The summed E-state index contributed by atoms with van der Waals surface area (Å²) >= 11 is 5.74. The molecule has 2 bridgehead atoms. The zero-order chi connectivity index (χ0) is 11.8. The van der Waals surface area contributed by atoms with Gasteiger partial charge < -0.3 is 14.5 Å². The fourth-order valence-electron chi connectivity index (χ4n) is 2.56. The molecular weight excluding hydrogens is 240 g/mol. The van der Waals surface area contributed by atoms with Crippen molar-refractivity contribution in [3.8, 4) is 0 Å². The van der Waals surface area contributed by atoms with Crippen molar-refractivity contribution in [3.05, 3.63) is 17.3 Å². The number of morpholine rings is 2. The highest BCUT2D eigenvalue weighted by molar-refractivity contribution is 6.29. The molecule has 1 aromatic rings. The van der Waals surface area contributed by atoms with Crippen LogP contribution in [0.3, 0.4) is 0 Å². The van der Waals surface area contributed by atoms with Crippen LogP contribution in [-0.2, 0) is 4.74 Å². The first kappa shape index (κ1) is 11.2. The third-order valence-corrected chi connectivity index (χ3v) is 3.41. The molecule has 2 aliphatic heterocycles. The summed E-state index contributed by atoms with van der Waals surface area (Å²) in [5.74, 6) is 0.886. The van der Waals surface area contributed by atoms with Crippen LogP contribution >= 0.6 is 11.6 Å². The minimum absolute atomic E-state index is 0.268. The van der Waals surface area contributed by atoms with E-state index < -0.39 is 0 Å². The smallest absolute Gasteiger partial charge is 0.151 e. The Balaban J connectivity index is 1.75. The highest BCUT2D eigenvalue weighted by Crippen LogP contribution is 2.22. The Kier molecular flexibility index (Phi) is 2.90. The number of rotatable bonds is 1. The molecule has 0 amide bonds. The fourth-order valence-corrected chi connectivity index (χ4v) is 2.66. The maximum absolute atomic E-state index is 5.91. The number of halogens is 1. The topological polar surface area (TPSA) is 41.5 Å². The van der Waals surface area contributed by atoms with Gasteiger partial charge in [0.2, 0.25) is 0 Å². The van der Waals surface area contributed by atoms with Gasteiger partial charge in [0.15, 0.2) is 11.0 Å². The molecule has 5 nitrogen and oxygen atoms in total. The number of likely N-dealkylation sites (N-methyl/N-ethyl adjacent to an activating group) is 1. The first-order valence-corrected chi connectivity index (χ1v) is 6.16. The highest BCUT2D eigenvalue weighted by Gasteiger charge is 2.34. The Morgan fingerprint density at radius 2 is 1.88 bits per heavy atom. The summed E-state index contributed by atoms with van der Waals surface area (Å²) in [4.78, 5) is 4.55. The molecule has 2 fully saturated rings. The van der Waals surface area contributed by atoms with Gasteiger partial charge in [0.1, 0.15) is 0 Å². The van der Waals surface area contributed by atoms with Crippen molar-refractivity contribution in [3.63, 3.8) is 0 Å². The fraction of sp³-hybridized carbons (Fsp3) is 0.636. The van der Waals surface area contributed by atoms with Gasteiger partial charge in [0.25, 0.3) is 0 Å². The van der Waals surface area contributed by atoms with Gasteiger partial charge in [-0.2, -0.15) is 0 Å². The number of ether oxygens (including phenoxy) is 1. The van der Waals surface area contributed by atoms with Crippen LogP contribution in [0.4, 0.5) is 5.82 Å². The van der Waals surface area contributed by atoms with Crippen molar-refractivity contribution >= 4 is 17.4 Å². The van der Waals surface area contributed by atoms with E-state index in [1.165, 1.54) is 0 Å². The molecule has 2 unspecified atom stereocenters. The van der Waals surface area contributed by atoms with Crippen LogP contribution in [0.1, 0.15) is 0 Å². The van der Waals surface area contributed by atoms with Crippen LogP contribution in [0.5, 0.6) is 0 Å². The molecular formula is C11H15ClN4O. The Bertz CT molecular complexity index is 381. The average molecular weight is 255 g/mol. The number of hydrogen-bond acceptors (Lipinski definition) is 5. The number of hydrogen-bond donors (Lipinski definition) is 0. The van der Waals surface area contributed by atoms with E-state index in [1.54, 1.807) is 6.07 Å². The van der Waals surface area contributed by atoms with Gasteiger partial charge in [0, 0.05) is 26.2 Å². The van der Waals surface area contributed by atoms with Crippen molar-refractivity contribution in [1.29, 1.82) is 0 Å². The maximum atomic E-state index is 5.91. The van der Waals surface area contributed by atoms with Crippen molar-refractivity contribution in [2.45, 2.75) is 12.2 Å². The molecule has 0 spiro atoms. The highest BCUT2D eigenvalue weighted by atomic mass is 35.5. The molecule has 3 rings (SSSR count). The molecule has 0 radical (unpaired) electrons. The molecule has 0 aliphatic carbocycles. The van der Waals surface area contributed by atoms with Crippen molar-refractivity contribution < 1.29 is 4.74 Å². The number of aromatic nitrogens is 2. The molecule has 0 aromatic carbocycles. The lowest BCUT2D eigenvalue weighted by Gasteiger charge is -2.45. The van der Waals surface area contributed by atoms with Crippen LogP contribution < -0.4 is 4.90 Å². The van der Waals surface area contributed by atoms with Crippen molar-refractivity contribution in [1.82, 2.24) is 15.1 Å². The van der Waals surface area contributed by atoms with Crippen LogP contribution in [-0.4, -0.2) is 60.5 Å². The van der Waals surface area contributed by atoms with Crippen LogP contribution in [0.2, 0.25) is 5.15 Å². The Morgan fingerprint density at radius 1 is 1.18 bits per heavy atom.